The zero-order valence-corrected chi connectivity index (χ0v) is 11.6. The number of rotatable bonds is 4. The number of Topliss-reactive ketones (excluding diaryl/α,β-unsaturated/α-hetero) is 1. The van der Waals surface area contributed by atoms with Crippen molar-refractivity contribution in [3.8, 4) is 0 Å². The van der Waals surface area contributed by atoms with Crippen molar-refractivity contribution in [1.82, 2.24) is 4.90 Å². The Balaban J connectivity index is 1.92. The molecule has 1 saturated heterocycles. The number of ketones is 1. The fraction of sp³-hybridized carbons (Fsp3) is 0.462. The normalized spacial score (nSPS) is 16.8. The molecule has 0 atom stereocenters. The second-order valence-electron chi connectivity index (χ2n) is 4.25. The van der Waals surface area contributed by atoms with E-state index in [1.807, 2.05) is 0 Å². The lowest BCUT2D eigenvalue weighted by Crippen LogP contribution is -2.37. The first-order chi connectivity index (χ1) is 8.66. The Labute approximate surface area is 114 Å². The fourth-order valence-corrected chi connectivity index (χ4v) is 2.29. The molecule has 1 aliphatic rings. The van der Waals surface area contributed by atoms with Gasteiger partial charge < -0.3 is 4.74 Å². The first-order valence-electron chi connectivity index (χ1n) is 5.95. The molecule has 2 rings (SSSR count). The average molecular weight is 316 g/mol. The van der Waals surface area contributed by atoms with E-state index >= 15 is 0 Å². The quantitative estimate of drug-likeness (QED) is 0.800. The highest BCUT2D eigenvalue weighted by Gasteiger charge is 2.15. The van der Waals surface area contributed by atoms with Crippen LogP contribution in [0.4, 0.5) is 4.39 Å². The maximum atomic E-state index is 13.5. The summed E-state index contributed by atoms with van der Waals surface area (Å²) in [5.41, 5.74) is 0.164. The molecule has 5 heteroatoms. The van der Waals surface area contributed by atoms with Gasteiger partial charge >= 0.3 is 0 Å². The first-order valence-corrected chi connectivity index (χ1v) is 6.74. The van der Waals surface area contributed by atoms with Crippen molar-refractivity contribution in [3.05, 3.63) is 34.1 Å². The van der Waals surface area contributed by atoms with Crippen molar-refractivity contribution < 1.29 is 13.9 Å². The second-order valence-corrected chi connectivity index (χ2v) is 5.17. The highest BCUT2D eigenvalue weighted by molar-refractivity contribution is 9.10. The zero-order chi connectivity index (χ0) is 13.0. The maximum Gasteiger partial charge on any atom is 0.167 e. The topological polar surface area (TPSA) is 29.5 Å². The number of hydrogen-bond donors (Lipinski definition) is 0. The molecule has 1 fully saturated rings. The lowest BCUT2D eigenvalue weighted by atomic mass is 10.1. The number of nitrogens with zero attached hydrogens (tertiary/aromatic N) is 1. The van der Waals surface area contributed by atoms with Crippen LogP contribution in [0, 0.1) is 5.82 Å². The van der Waals surface area contributed by atoms with E-state index in [1.54, 1.807) is 6.07 Å². The number of morpholine rings is 1. The highest BCUT2D eigenvalue weighted by atomic mass is 79.9. The van der Waals surface area contributed by atoms with Gasteiger partial charge in [0.1, 0.15) is 5.82 Å². The standard InChI is InChI=1S/C13H15BrFNO2/c14-10-1-2-12(15)11(9-10)13(17)3-4-16-5-7-18-8-6-16/h1-2,9H,3-8H2. The third-order valence-corrected chi connectivity index (χ3v) is 3.48. The van der Waals surface area contributed by atoms with Crippen LogP contribution in [-0.4, -0.2) is 43.5 Å². The van der Waals surface area contributed by atoms with Crippen LogP contribution in [0.2, 0.25) is 0 Å². The summed E-state index contributed by atoms with van der Waals surface area (Å²) in [4.78, 5) is 14.1. The molecule has 1 aromatic carbocycles. The van der Waals surface area contributed by atoms with Gasteiger partial charge in [0.25, 0.3) is 0 Å². The van der Waals surface area contributed by atoms with Gasteiger partial charge in [-0.2, -0.15) is 0 Å². The van der Waals surface area contributed by atoms with Gasteiger partial charge in [0.05, 0.1) is 18.8 Å². The SMILES string of the molecule is O=C(CCN1CCOCC1)c1cc(Br)ccc1F. The van der Waals surface area contributed by atoms with Crippen LogP contribution in [0.15, 0.2) is 22.7 Å². The van der Waals surface area contributed by atoms with Gasteiger partial charge in [-0.1, -0.05) is 15.9 Å². The van der Waals surface area contributed by atoms with Crippen molar-refractivity contribution in [1.29, 1.82) is 0 Å². The monoisotopic (exact) mass is 315 g/mol. The minimum Gasteiger partial charge on any atom is -0.379 e. The summed E-state index contributed by atoms with van der Waals surface area (Å²) in [6.45, 7) is 3.76. The van der Waals surface area contributed by atoms with E-state index in [9.17, 15) is 9.18 Å². The van der Waals surface area contributed by atoms with Gasteiger partial charge in [-0.3, -0.25) is 9.69 Å². The van der Waals surface area contributed by atoms with Crippen LogP contribution in [0.5, 0.6) is 0 Å². The number of hydrogen-bond acceptors (Lipinski definition) is 3. The zero-order valence-electron chi connectivity index (χ0n) is 9.99. The minimum absolute atomic E-state index is 0.153. The van der Waals surface area contributed by atoms with E-state index in [4.69, 9.17) is 4.74 Å². The van der Waals surface area contributed by atoms with Gasteiger partial charge in [-0.15, -0.1) is 0 Å². The predicted octanol–water partition coefficient (Wildman–Crippen LogP) is 2.49. The molecular formula is C13H15BrFNO2. The van der Waals surface area contributed by atoms with Gasteiger partial charge in [0.15, 0.2) is 5.78 Å². The summed E-state index contributed by atoms with van der Waals surface area (Å²) < 4.78 is 19.5. The predicted molar refractivity (Wildman–Crippen MR) is 70.3 cm³/mol. The lowest BCUT2D eigenvalue weighted by molar-refractivity contribution is 0.0370. The molecular weight excluding hydrogens is 301 g/mol. The summed E-state index contributed by atoms with van der Waals surface area (Å²) in [5.74, 6) is -0.606. The molecule has 0 aromatic heterocycles. The molecule has 18 heavy (non-hydrogen) atoms. The smallest absolute Gasteiger partial charge is 0.167 e. The number of carbonyl (C=O) groups is 1. The Morgan fingerprint density at radius 1 is 1.39 bits per heavy atom. The van der Waals surface area contributed by atoms with Crippen LogP contribution in [0.3, 0.4) is 0 Å². The van der Waals surface area contributed by atoms with Crippen molar-refractivity contribution >= 4 is 21.7 Å². The molecule has 1 aliphatic heterocycles. The Morgan fingerprint density at radius 3 is 2.83 bits per heavy atom. The molecule has 0 spiro atoms. The summed E-state index contributed by atoms with van der Waals surface area (Å²) >= 11 is 3.25. The van der Waals surface area contributed by atoms with Gasteiger partial charge in [-0.25, -0.2) is 4.39 Å². The Hall–Kier alpha value is -0.780. The van der Waals surface area contributed by atoms with E-state index in [1.165, 1.54) is 12.1 Å². The van der Waals surface area contributed by atoms with E-state index < -0.39 is 5.82 Å². The molecule has 1 heterocycles. The molecule has 0 aliphatic carbocycles. The van der Waals surface area contributed by atoms with Crippen LogP contribution in [0.1, 0.15) is 16.8 Å². The largest absolute Gasteiger partial charge is 0.379 e. The maximum absolute atomic E-state index is 13.5. The average Bonchev–Trinajstić information content (AvgIpc) is 2.40. The van der Waals surface area contributed by atoms with E-state index in [0.717, 1.165) is 17.6 Å². The van der Waals surface area contributed by atoms with Crippen LogP contribution in [0.25, 0.3) is 0 Å². The number of benzene rings is 1. The van der Waals surface area contributed by atoms with Crippen molar-refractivity contribution in [2.75, 3.05) is 32.8 Å². The third kappa shape index (κ3) is 3.60. The summed E-state index contributed by atoms with van der Waals surface area (Å²) in [6.07, 6.45) is 0.341. The van der Waals surface area contributed by atoms with Crippen molar-refractivity contribution in [2.45, 2.75) is 6.42 Å². The summed E-state index contributed by atoms with van der Waals surface area (Å²) in [5, 5.41) is 0. The molecule has 0 N–H and O–H groups in total. The summed E-state index contributed by atoms with van der Waals surface area (Å²) in [6, 6.07) is 4.44. The molecule has 0 radical (unpaired) electrons. The van der Waals surface area contributed by atoms with Gasteiger partial charge in [0, 0.05) is 30.5 Å². The van der Waals surface area contributed by atoms with E-state index in [2.05, 4.69) is 20.8 Å². The molecule has 3 nitrogen and oxygen atoms in total. The summed E-state index contributed by atoms with van der Waals surface area (Å²) in [7, 11) is 0. The Kier molecular flexibility index (Phi) is 4.86. The Morgan fingerprint density at radius 2 is 2.11 bits per heavy atom. The van der Waals surface area contributed by atoms with Gasteiger partial charge in [0.2, 0.25) is 0 Å². The van der Waals surface area contributed by atoms with Crippen LogP contribution < -0.4 is 0 Å². The number of carbonyl (C=O) groups excluding carboxylic acids is 1. The third-order valence-electron chi connectivity index (χ3n) is 2.99. The molecule has 0 unspecified atom stereocenters. The van der Waals surface area contributed by atoms with Crippen LogP contribution in [-0.2, 0) is 4.74 Å². The second kappa shape index (κ2) is 6.41. The first kappa shape index (κ1) is 13.6. The molecule has 0 bridgehead atoms. The minimum atomic E-state index is -0.454. The fourth-order valence-electron chi connectivity index (χ4n) is 1.93. The number of halogens is 2. The molecule has 0 amide bonds. The highest BCUT2D eigenvalue weighted by Crippen LogP contribution is 2.17. The molecule has 0 saturated carbocycles. The van der Waals surface area contributed by atoms with E-state index in [0.29, 0.717) is 26.2 Å². The van der Waals surface area contributed by atoms with Crippen molar-refractivity contribution in [2.24, 2.45) is 0 Å². The van der Waals surface area contributed by atoms with Crippen molar-refractivity contribution in [3.63, 3.8) is 0 Å². The molecule has 98 valence electrons. The van der Waals surface area contributed by atoms with Gasteiger partial charge in [-0.05, 0) is 18.2 Å². The van der Waals surface area contributed by atoms with Crippen LogP contribution >= 0.6 is 15.9 Å². The van der Waals surface area contributed by atoms with E-state index in [-0.39, 0.29) is 11.3 Å². The number of ether oxygens (including phenoxy) is 1. The Bertz CT molecular complexity index is 433. The lowest BCUT2D eigenvalue weighted by Gasteiger charge is -2.26. The molecule has 1 aromatic rings.